The van der Waals surface area contributed by atoms with Crippen LogP contribution in [0.15, 0.2) is 17.1 Å². The van der Waals surface area contributed by atoms with Crippen LogP contribution in [-0.2, 0) is 6.42 Å². The number of hydrogen-bond acceptors (Lipinski definition) is 3. The molecule has 0 saturated carbocycles. The number of anilines is 1. The van der Waals surface area contributed by atoms with Crippen molar-refractivity contribution in [2.75, 3.05) is 5.73 Å². The van der Waals surface area contributed by atoms with Gasteiger partial charge in [0.05, 0.1) is 5.56 Å². The van der Waals surface area contributed by atoms with Gasteiger partial charge in [-0.15, -0.1) is 0 Å². The Morgan fingerprint density at radius 2 is 1.75 bits per heavy atom. The van der Waals surface area contributed by atoms with Crippen LogP contribution in [0.4, 0.5) is 5.82 Å². The van der Waals surface area contributed by atoms with Gasteiger partial charge >= 0.3 is 0 Å². The molecule has 0 radical (unpaired) electrons. The Balaban J connectivity index is 0.000000829. The van der Waals surface area contributed by atoms with Crippen LogP contribution >= 0.6 is 0 Å². The molecule has 2 rings (SSSR count). The first-order valence-electron chi connectivity index (χ1n) is 7.32. The largest absolute Gasteiger partial charge is 0.383 e. The van der Waals surface area contributed by atoms with Crippen LogP contribution in [0.1, 0.15) is 51.3 Å². The third-order valence-electron chi connectivity index (χ3n) is 2.78. The van der Waals surface area contributed by atoms with Crippen molar-refractivity contribution in [3.05, 3.63) is 39.3 Å². The van der Waals surface area contributed by atoms with Crippen molar-refractivity contribution in [1.82, 2.24) is 9.38 Å². The zero-order valence-electron chi connectivity index (χ0n) is 13.7. The summed E-state index contributed by atoms with van der Waals surface area (Å²) in [6, 6.07) is 2.04. The topological polar surface area (TPSA) is 60.4 Å². The molecule has 2 heterocycles. The van der Waals surface area contributed by atoms with Crippen molar-refractivity contribution in [1.29, 1.82) is 0 Å². The quantitative estimate of drug-likeness (QED) is 0.867. The summed E-state index contributed by atoms with van der Waals surface area (Å²) in [5.41, 5.74) is 8.91. The van der Waals surface area contributed by atoms with Crippen molar-refractivity contribution in [3.63, 3.8) is 0 Å². The van der Waals surface area contributed by atoms with Crippen LogP contribution < -0.4 is 11.3 Å². The molecule has 0 unspecified atom stereocenters. The lowest BCUT2D eigenvalue weighted by atomic mass is 10.1. The lowest BCUT2D eigenvalue weighted by Gasteiger charge is -2.09. The minimum atomic E-state index is -0.0825. The van der Waals surface area contributed by atoms with Gasteiger partial charge in [-0.3, -0.25) is 9.20 Å². The molecule has 112 valence electrons. The van der Waals surface area contributed by atoms with E-state index >= 15 is 0 Å². The molecule has 4 heteroatoms. The van der Waals surface area contributed by atoms with Crippen LogP contribution in [0, 0.1) is 13.8 Å². The highest BCUT2D eigenvalue weighted by atomic mass is 16.1. The number of hydrogen-bond donors (Lipinski definition) is 1. The highest BCUT2D eigenvalue weighted by Gasteiger charge is 2.09. The summed E-state index contributed by atoms with van der Waals surface area (Å²) in [5, 5.41) is 0. The van der Waals surface area contributed by atoms with E-state index in [4.69, 9.17) is 5.73 Å². The van der Waals surface area contributed by atoms with E-state index in [2.05, 4.69) is 4.98 Å². The zero-order chi connectivity index (χ0) is 15.9. The standard InChI is InChI=1S/C12H15N3O.2C2H6/c1-4-9-5-7(2)6-15-11(9)14-10(13)8(3)12(15)16;2*1-2/h5-6H,4,13H2,1-3H3;2*1-2H3. The van der Waals surface area contributed by atoms with E-state index in [0.29, 0.717) is 17.0 Å². The molecule has 0 bridgehead atoms. The molecule has 2 N–H and O–H groups in total. The highest BCUT2D eigenvalue weighted by molar-refractivity contribution is 5.54. The smallest absolute Gasteiger partial charge is 0.262 e. The molecule has 0 aliphatic heterocycles. The zero-order valence-corrected chi connectivity index (χ0v) is 13.7. The lowest BCUT2D eigenvalue weighted by Crippen LogP contribution is -2.21. The van der Waals surface area contributed by atoms with E-state index in [9.17, 15) is 4.79 Å². The second kappa shape index (κ2) is 8.35. The fourth-order valence-corrected chi connectivity index (χ4v) is 1.82. The summed E-state index contributed by atoms with van der Waals surface area (Å²) in [7, 11) is 0. The third-order valence-corrected chi connectivity index (χ3v) is 2.78. The molecule has 0 aromatic carbocycles. The van der Waals surface area contributed by atoms with Crippen molar-refractivity contribution >= 4 is 11.5 Å². The first-order chi connectivity index (χ1) is 9.54. The van der Waals surface area contributed by atoms with E-state index in [1.165, 1.54) is 0 Å². The maximum absolute atomic E-state index is 12.0. The average molecular weight is 277 g/mol. The number of aryl methyl sites for hydroxylation is 2. The van der Waals surface area contributed by atoms with Gasteiger partial charge in [-0.25, -0.2) is 4.98 Å². The average Bonchev–Trinajstić information content (AvgIpc) is 2.49. The molecule has 0 spiro atoms. The Hall–Kier alpha value is -1.84. The molecule has 0 atom stereocenters. The van der Waals surface area contributed by atoms with Crippen molar-refractivity contribution in [2.45, 2.75) is 54.9 Å². The van der Waals surface area contributed by atoms with Crippen molar-refractivity contribution in [2.24, 2.45) is 0 Å². The monoisotopic (exact) mass is 277 g/mol. The first-order valence-corrected chi connectivity index (χ1v) is 7.32. The van der Waals surface area contributed by atoms with Gasteiger partial charge in [0, 0.05) is 6.20 Å². The van der Waals surface area contributed by atoms with Gasteiger partial charge in [0.2, 0.25) is 0 Å². The molecule has 2 aromatic heterocycles. The van der Waals surface area contributed by atoms with Gasteiger partial charge in [0.1, 0.15) is 11.5 Å². The maximum atomic E-state index is 12.0. The van der Waals surface area contributed by atoms with Gasteiger partial charge in [-0.05, 0) is 31.4 Å². The number of nitrogen functional groups attached to an aromatic ring is 1. The molecule has 0 fully saturated rings. The predicted octanol–water partition coefficient (Wildman–Crippen LogP) is 3.51. The second-order valence-corrected chi connectivity index (χ2v) is 4.02. The molecule has 4 nitrogen and oxygen atoms in total. The van der Waals surface area contributed by atoms with Gasteiger partial charge in [-0.2, -0.15) is 0 Å². The molecule has 0 saturated heterocycles. The van der Waals surface area contributed by atoms with Crippen LogP contribution in [-0.4, -0.2) is 9.38 Å². The number of fused-ring (bicyclic) bond motifs is 1. The van der Waals surface area contributed by atoms with Crippen LogP contribution in [0.3, 0.4) is 0 Å². The van der Waals surface area contributed by atoms with Gasteiger partial charge in [0.25, 0.3) is 5.56 Å². The van der Waals surface area contributed by atoms with Gasteiger partial charge in [-0.1, -0.05) is 40.7 Å². The Morgan fingerprint density at radius 3 is 2.25 bits per heavy atom. The second-order valence-electron chi connectivity index (χ2n) is 4.02. The van der Waals surface area contributed by atoms with Crippen molar-refractivity contribution in [3.8, 4) is 0 Å². The molecule has 0 aliphatic carbocycles. The summed E-state index contributed by atoms with van der Waals surface area (Å²) in [6.45, 7) is 13.7. The molecule has 2 aromatic rings. The number of rotatable bonds is 1. The van der Waals surface area contributed by atoms with Crippen molar-refractivity contribution < 1.29 is 0 Å². The highest BCUT2D eigenvalue weighted by Crippen LogP contribution is 2.13. The molecule has 20 heavy (non-hydrogen) atoms. The summed E-state index contributed by atoms with van der Waals surface area (Å²) >= 11 is 0. The molecule has 0 amide bonds. The summed E-state index contributed by atoms with van der Waals surface area (Å²) in [4.78, 5) is 16.3. The Kier molecular flexibility index (Phi) is 7.59. The number of nitrogens with two attached hydrogens (primary N) is 1. The minimum Gasteiger partial charge on any atom is -0.383 e. The van der Waals surface area contributed by atoms with E-state index in [1.54, 1.807) is 17.5 Å². The minimum absolute atomic E-state index is 0.0825. The lowest BCUT2D eigenvalue weighted by molar-refractivity contribution is 0.977. The van der Waals surface area contributed by atoms with Crippen LogP contribution in [0.5, 0.6) is 0 Å². The molecular weight excluding hydrogens is 250 g/mol. The number of nitrogens with zero attached hydrogens (tertiary/aromatic N) is 2. The summed E-state index contributed by atoms with van der Waals surface area (Å²) in [5.74, 6) is 0.323. The predicted molar refractivity (Wildman–Crippen MR) is 87.4 cm³/mol. The van der Waals surface area contributed by atoms with E-state index in [-0.39, 0.29) is 5.56 Å². The number of pyridine rings is 1. The third kappa shape index (κ3) is 3.59. The molecular formula is C16H27N3O. The Labute approximate surface area is 121 Å². The SMILES string of the molecule is CC.CC.CCc1cc(C)cn2c(=O)c(C)c(N)nc12. The maximum Gasteiger partial charge on any atom is 0.262 e. The Bertz CT molecular complexity index is 615. The summed E-state index contributed by atoms with van der Waals surface area (Å²) in [6.07, 6.45) is 2.64. The fourth-order valence-electron chi connectivity index (χ4n) is 1.82. The van der Waals surface area contributed by atoms with Gasteiger partial charge in [0.15, 0.2) is 0 Å². The van der Waals surface area contributed by atoms with E-state index < -0.39 is 0 Å². The fraction of sp³-hybridized carbons (Fsp3) is 0.500. The number of aromatic nitrogens is 2. The normalized spacial score (nSPS) is 9.35. The van der Waals surface area contributed by atoms with Crippen LogP contribution in [0.25, 0.3) is 5.65 Å². The summed E-state index contributed by atoms with van der Waals surface area (Å²) < 4.78 is 1.58. The Morgan fingerprint density at radius 1 is 1.20 bits per heavy atom. The van der Waals surface area contributed by atoms with E-state index in [0.717, 1.165) is 17.5 Å². The van der Waals surface area contributed by atoms with E-state index in [1.807, 2.05) is 47.6 Å². The molecule has 0 aliphatic rings. The van der Waals surface area contributed by atoms with Gasteiger partial charge < -0.3 is 5.73 Å². The first kappa shape index (κ1) is 18.2. The van der Waals surface area contributed by atoms with Crippen LogP contribution in [0.2, 0.25) is 0 Å².